The Hall–Kier alpha value is -2.49. The smallest absolute Gasteiger partial charge is 0.227 e. The predicted molar refractivity (Wildman–Crippen MR) is 88.8 cm³/mol. The summed E-state index contributed by atoms with van der Waals surface area (Å²) >= 11 is 0. The molecule has 23 heavy (non-hydrogen) atoms. The van der Waals surface area contributed by atoms with Crippen LogP contribution in [-0.2, 0) is 11.3 Å². The van der Waals surface area contributed by atoms with E-state index in [1.807, 2.05) is 55.5 Å². The summed E-state index contributed by atoms with van der Waals surface area (Å²) in [5, 5.41) is 3.02. The maximum atomic E-state index is 12.5. The lowest BCUT2D eigenvalue weighted by Crippen LogP contribution is -2.28. The van der Waals surface area contributed by atoms with E-state index in [1.165, 1.54) is 0 Å². The number of amides is 1. The van der Waals surface area contributed by atoms with Gasteiger partial charge in [-0.05, 0) is 29.7 Å². The molecule has 0 unspecified atom stereocenters. The van der Waals surface area contributed by atoms with Gasteiger partial charge >= 0.3 is 0 Å². The van der Waals surface area contributed by atoms with E-state index >= 15 is 0 Å². The van der Waals surface area contributed by atoms with Gasteiger partial charge in [0, 0.05) is 6.54 Å². The highest BCUT2D eigenvalue weighted by atomic mass is 16.6. The van der Waals surface area contributed by atoms with Crippen molar-refractivity contribution in [2.24, 2.45) is 0 Å². The van der Waals surface area contributed by atoms with Gasteiger partial charge in [0.2, 0.25) is 5.91 Å². The fourth-order valence-corrected chi connectivity index (χ4v) is 2.77. The van der Waals surface area contributed by atoms with E-state index in [0.29, 0.717) is 19.8 Å². The molecule has 4 heteroatoms. The summed E-state index contributed by atoms with van der Waals surface area (Å²) in [5.41, 5.74) is 2.06. The molecule has 1 aliphatic heterocycles. The normalized spacial score (nSPS) is 14.1. The molecule has 1 atom stereocenters. The van der Waals surface area contributed by atoms with Crippen molar-refractivity contribution in [2.45, 2.75) is 25.8 Å². The van der Waals surface area contributed by atoms with Crippen LogP contribution in [0.15, 0.2) is 48.5 Å². The van der Waals surface area contributed by atoms with Crippen LogP contribution in [0.2, 0.25) is 0 Å². The van der Waals surface area contributed by atoms with E-state index in [9.17, 15) is 4.79 Å². The number of ether oxygens (including phenoxy) is 2. The Balaban J connectivity index is 1.64. The maximum absolute atomic E-state index is 12.5. The fourth-order valence-electron chi connectivity index (χ4n) is 2.77. The molecule has 1 N–H and O–H groups in total. The van der Waals surface area contributed by atoms with Crippen LogP contribution < -0.4 is 14.8 Å². The van der Waals surface area contributed by atoms with E-state index in [2.05, 4.69) is 5.32 Å². The molecule has 2 aromatic rings. The van der Waals surface area contributed by atoms with Gasteiger partial charge in [-0.25, -0.2) is 0 Å². The van der Waals surface area contributed by atoms with Crippen LogP contribution in [0.4, 0.5) is 0 Å². The van der Waals surface area contributed by atoms with Gasteiger partial charge in [0.05, 0.1) is 5.92 Å². The first-order valence-corrected chi connectivity index (χ1v) is 7.99. The fraction of sp³-hybridized carbons (Fsp3) is 0.316. The first-order chi connectivity index (χ1) is 11.3. The predicted octanol–water partition coefficient (Wildman–Crippen LogP) is 3.27. The van der Waals surface area contributed by atoms with Crippen LogP contribution in [0.25, 0.3) is 0 Å². The Bertz CT molecular complexity index is 670. The molecular formula is C19H21NO3. The summed E-state index contributed by atoms with van der Waals surface area (Å²) in [5.74, 6) is 1.45. The van der Waals surface area contributed by atoms with Crippen molar-refractivity contribution in [1.29, 1.82) is 0 Å². The Kier molecular flexibility index (Phi) is 4.81. The molecule has 0 spiro atoms. The third-order valence-corrected chi connectivity index (χ3v) is 4.00. The number of benzene rings is 2. The van der Waals surface area contributed by atoms with Crippen LogP contribution in [0.5, 0.6) is 11.5 Å². The summed E-state index contributed by atoms with van der Waals surface area (Å²) in [6, 6.07) is 15.7. The molecule has 0 fully saturated rings. The van der Waals surface area contributed by atoms with Gasteiger partial charge in [0.25, 0.3) is 0 Å². The van der Waals surface area contributed by atoms with Gasteiger partial charge < -0.3 is 14.8 Å². The molecule has 4 nitrogen and oxygen atoms in total. The Morgan fingerprint density at radius 2 is 1.83 bits per heavy atom. The van der Waals surface area contributed by atoms with Crippen molar-refractivity contribution >= 4 is 5.91 Å². The minimum Gasteiger partial charge on any atom is -0.486 e. The molecule has 0 aliphatic carbocycles. The second-order valence-electron chi connectivity index (χ2n) is 5.57. The summed E-state index contributed by atoms with van der Waals surface area (Å²) in [6.07, 6.45) is 0.775. The molecule has 0 aromatic heterocycles. The minimum absolute atomic E-state index is 0.0496. The Morgan fingerprint density at radius 3 is 2.57 bits per heavy atom. The number of carbonyl (C=O) groups excluding carboxylic acids is 1. The van der Waals surface area contributed by atoms with Gasteiger partial charge in [-0.3, -0.25) is 4.79 Å². The number of fused-ring (bicyclic) bond motifs is 1. The Morgan fingerprint density at radius 1 is 1.09 bits per heavy atom. The third kappa shape index (κ3) is 3.65. The average Bonchev–Trinajstić information content (AvgIpc) is 2.61. The van der Waals surface area contributed by atoms with Gasteiger partial charge in [-0.15, -0.1) is 0 Å². The van der Waals surface area contributed by atoms with E-state index in [4.69, 9.17) is 9.47 Å². The quantitative estimate of drug-likeness (QED) is 0.922. The number of carbonyl (C=O) groups is 1. The molecule has 3 rings (SSSR count). The highest BCUT2D eigenvalue weighted by molar-refractivity contribution is 5.83. The summed E-state index contributed by atoms with van der Waals surface area (Å²) in [6.45, 7) is 3.66. The van der Waals surface area contributed by atoms with E-state index in [1.54, 1.807) is 0 Å². The molecule has 0 radical (unpaired) electrons. The van der Waals surface area contributed by atoms with Crippen LogP contribution >= 0.6 is 0 Å². The van der Waals surface area contributed by atoms with Crippen molar-refractivity contribution < 1.29 is 14.3 Å². The lowest BCUT2D eigenvalue weighted by atomic mass is 9.95. The van der Waals surface area contributed by atoms with Gasteiger partial charge in [-0.1, -0.05) is 43.3 Å². The highest BCUT2D eigenvalue weighted by Crippen LogP contribution is 2.30. The average molecular weight is 311 g/mol. The topological polar surface area (TPSA) is 47.6 Å². The van der Waals surface area contributed by atoms with Crippen molar-refractivity contribution in [3.63, 3.8) is 0 Å². The molecule has 0 bridgehead atoms. The van der Waals surface area contributed by atoms with Crippen molar-refractivity contribution in [3.8, 4) is 11.5 Å². The number of rotatable bonds is 5. The SMILES string of the molecule is CC[C@H](C(=O)NCc1ccc2c(c1)OCCO2)c1ccccc1. The van der Waals surface area contributed by atoms with Crippen LogP contribution in [-0.4, -0.2) is 19.1 Å². The monoisotopic (exact) mass is 311 g/mol. The van der Waals surface area contributed by atoms with Crippen molar-refractivity contribution in [2.75, 3.05) is 13.2 Å². The molecule has 120 valence electrons. The second-order valence-corrected chi connectivity index (χ2v) is 5.57. The second kappa shape index (κ2) is 7.18. The van der Waals surface area contributed by atoms with Gasteiger partial charge in [0.15, 0.2) is 11.5 Å². The largest absolute Gasteiger partial charge is 0.486 e. The first-order valence-electron chi connectivity index (χ1n) is 7.99. The molecule has 0 saturated heterocycles. The van der Waals surface area contributed by atoms with Crippen molar-refractivity contribution in [1.82, 2.24) is 5.32 Å². The zero-order valence-corrected chi connectivity index (χ0v) is 13.2. The molecule has 1 aliphatic rings. The van der Waals surface area contributed by atoms with Crippen molar-refractivity contribution in [3.05, 3.63) is 59.7 Å². The van der Waals surface area contributed by atoms with E-state index < -0.39 is 0 Å². The standard InChI is InChI=1S/C19H21NO3/c1-2-16(15-6-4-3-5-7-15)19(21)20-13-14-8-9-17-18(12-14)23-11-10-22-17/h3-9,12,16H,2,10-11,13H2,1H3,(H,20,21)/t16-/m0/s1. The molecule has 0 saturated carbocycles. The lowest BCUT2D eigenvalue weighted by Gasteiger charge is -2.19. The zero-order chi connectivity index (χ0) is 16.1. The van der Waals surface area contributed by atoms with Gasteiger partial charge in [-0.2, -0.15) is 0 Å². The van der Waals surface area contributed by atoms with E-state index in [-0.39, 0.29) is 11.8 Å². The van der Waals surface area contributed by atoms with Crippen LogP contribution in [0, 0.1) is 0 Å². The van der Waals surface area contributed by atoms with Crippen LogP contribution in [0.1, 0.15) is 30.4 Å². The zero-order valence-electron chi connectivity index (χ0n) is 13.2. The van der Waals surface area contributed by atoms with Gasteiger partial charge in [0.1, 0.15) is 13.2 Å². The lowest BCUT2D eigenvalue weighted by molar-refractivity contribution is -0.122. The molecule has 1 heterocycles. The minimum atomic E-state index is -0.117. The Labute approximate surface area is 136 Å². The summed E-state index contributed by atoms with van der Waals surface area (Å²) in [4.78, 5) is 12.5. The molecular weight excluding hydrogens is 290 g/mol. The number of hydrogen-bond acceptors (Lipinski definition) is 3. The summed E-state index contributed by atoms with van der Waals surface area (Å²) < 4.78 is 11.1. The number of nitrogens with one attached hydrogen (secondary N) is 1. The third-order valence-electron chi connectivity index (χ3n) is 4.00. The maximum Gasteiger partial charge on any atom is 0.227 e. The highest BCUT2D eigenvalue weighted by Gasteiger charge is 2.18. The number of hydrogen-bond donors (Lipinski definition) is 1. The van der Waals surface area contributed by atoms with E-state index in [0.717, 1.165) is 29.0 Å². The molecule has 2 aromatic carbocycles. The first kappa shape index (κ1) is 15.4. The summed E-state index contributed by atoms with van der Waals surface area (Å²) in [7, 11) is 0. The van der Waals surface area contributed by atoms with Crippen LogP contribution in [0.3, 0.4) is 0 Å². The molecule has 1 amide bonds.